The maximum Gasteiger partial charge on any atom is 0.315 e. The summed E-state index contributed by atoms with van der Waals surface area (Å²) in [6, 6.07) is 4.22. The number of carbonyl (C=O) groups excluding carboxylic acids is 1. The van der Waals surface area contributed by atoms with Gasteiger partial charge in [0.2, 0.25) is 0 Å². The highest BCUT2D eigenvalue weighted by molar-refractivity contribution is 8.04. The molecule has 0 radical (unpaired) electrons. The van der Waals surface area contributed by atoms with Crippen molar-refractivity contribution in [3.05, 3.63) is 23.3 Å². The van der Waals surface area contributed by atoms with Crippen molar-refractivity contribution in [1.82, 2.24) is 0 Å². The van der Waals surface area contributed by atoms with Gasteiger partial charge in [0.05, 0.1) is 12.4 Å². The van der Waals surface area contributed by atoms with E-state index in [9.17, 15) is 9.90 Å². The van der Waals surface area contributed by atoms with Crippen LogP contribution in [0, 0.1) is 0 Å². The molecule has 27 heavy (non-hydrogen) atoms. The summed E-state index contributed by atoms with van der Waals surface area (Å²) in [5, 5.41) is 10.8. The molecule has 0 aromatic heterocycles. The molecule has 0 aliphatic carbocycles. The average molecular weight is 413 g/mol. The van der Waals surface area contributed by atoms with E-state index in [4.69, 9.17) is 4.74 Å². The van der Waals surface area contributed by atoms with Gasteiger partial charge in [-0.2, -0.15) is 0 Å². The molecule has 0 unspecified atom stereocenters. The molecule has 1 aromatic carbocycles. The summed E-state index contributed by atoms with van der Waals surface area (Å²) in [6.07, 6.45) is 0. The molecule has 0 saturated heterocycles. The summed E-state index contributed by atoms with van der Waals surface area (Å²) in [5.74, 6) is 1.50. The van der Waals surface area contributed by atoms with Crippen LogP contribution in [0.15, 0.2) is 17.0 Å². The van der Waals surface area contributed by atoms with Gasteiger partial charge in [0, 0.05) is 26.5 Å². The summed E-state index contributed by atoms with van der Waals surface area (Å²) < 4.78 is 4.97. The number of thioether (sulfide) groups is 2. The number of esters is 1. The lowest BCUT2D eigenvalue weighted by molar-refractivity contribution is -0.139. The van der Waals surface area contributed by atoms with Crippen molar-refractivity contribution in [2.45, 2.75) is 82.8 Å². The van der Waals surface area contributed by atoms with Crippen molar-refractivity contribution >= 4 is 29.5 Å². The lowest BCUT2D eigenvalue weighted by Crippen LogP contribution is -2.22. The van der Waals surface area contributed by atoms with Crippen molar-refractivity contribution < 1.29 is 14.6 Å². The van der Waals surface area contributed by atoms with Crippen molar-refractivity contribution in [3.8, 4) is 5.75 Å². The largest absolute Gasteiger partial charge is 0.507 e. The SMILES string of the molecule is CCOC(=O)CSC(C)(C)CSc1cc(C(C)(C)C)c(O)c(C(C)(C)C)c1. The molecule has 0 aliphatic heterocycles. The Bertz CT molecular complexity index is 617. The Morgan fingerprint density at radius 2 is 1.48 bits per heavy atom. The quantitative estimate of drug-likeness (QED) is 0.429. The van der Waals surface area contributed by atoms with E-state index in [2.05, 4.69) is 67.5 Å². The molecule has 1 rings (SSSR count). The van der Waals surface area contributed by atoms with Crippen LogP contribution in [-0.2, 0) is 20.4 Å². The second-order valence-electron chi connectivity index (χ2n) is 9.51. The number of aromatic hydroxyl groups is 1. The Labute approximate surface area is 174 Å². The van der Waals surface area contributed by atoms with Gasteiger partial charge in [-0.3, -0.25) is 4.79 Å². The molecule has 0 amide bonds. The zero-order chi connectivity index (χ0) is 21.0. The number of phenols is 1. The van der Waals surface area contributed by atoms with Gasteiger partial charge >= 0.3 is 5.97 Å². The van der Waals surface area contributed by atoms with E-state index < -0.39 is 0 Å². The fourth-order valence-electron chi connectivity index (χ4n) is 2.59. The first kappa shape index (κ1) is 24.2. The van der Waals surface area contributed by atoms with E-state index in [1.54, 1.807) is 23.5 Å². The predicted molar refractivity (Wildman–Crippen MR) is 119 cm³/mol. The van der Waals surface area contributed by atoms with Crippen LogP contribution < -0.4 is 0 Å². The van der Waals surface area contributed by atoms with Gasteiger partial charge in [-0.15, -0.1) is 23.5 Å². The number of rotatable bonds is 7. The summed E-state index contributed by atoms with van der Waals surface area (Å²) in [4.78, 5) is 12.8. The highest BCUT2D eigenvalue weighted by Crippen LogP contribution is 2.42. The zero-order valence-electron chi connectivity index (χ0n) is 18.4. The molecular weight excluding hydrogens is 376 g/mol. The average Bonchev–Trinajstić information content (AvgIpc) is 2.50. The van der Waals surface area contributed by atoms with Crippen LogP contribution >= 0.6 is 23.5 Å². The van der Waals surface area contributed by atoms with Gasteiger partial charge in [0.1, 0.15) is 5.75 Å². The highest BCUT2D eigenvalue weighted by Gasteiger charge is 2.27. The van der Waals surface area contributed by atoms with Crippen LogP contribution in [0.3, 0.4) is 0 Å². The first-order valence-corrected chi connectivity index (χ1v) is 11.4. The van der Waals surface area contributed by atoms with Crippen molar-refractivity contribution in [2.24, 2.45) is 0 Å². The zero-order valence-corrected chi connectivity index (χ0v) is 20.0. The minimum Gasteiger partial charge on any atom is -0.507 e. The number of phenolic OH excluding ortho intramolecular Hbond substituents is 1. The van der Waals surface area contributed by atoms with Crippen LogP contribution in [0.4, 0.5) is 0 Å². The number of ether oxygens (including phenoxy) is 1. The molecule has 154 valence electrons. The van der Waals surface area contributed by atoms with E-state index in [0.29, 0.717) is 18.1 Å². The Morgan fingerprint density at radius 3 is 1.89 bits per heavy atom. The monoisotopic (exact) mass is 412 g/mol. The third-order valence-corrected chi connectivity index (χ3v) is 7.10. The molecule has 0 fully saturated rings. The van der Waals surface area contributed by atoms with Gasteiger partial charge < -0.3 is 9.84 Å². The third-order valence-electron chi connectivity index (χ3n) is 4.17. The molecule has 0 spiro atoms. The van der Waals surface area contributed by atoms with E-state index in [0.717, 1.165) is 21.8 Å². The standard InChI is InChI=1S/C22H36O3S2/c1-10-25-18(23)13-27-22(8,9)14-26-15-11-16(20(2,3)4)19(24)17(12-15)21(5,6)7/h11-12,24H,10,13-14H2,1-9H3. The number of carbonyl (C=O) groups is 1. The fraction of sp³-hybridized carbons (Fsp3) is 0.682. The van der Waals surface area contributed by atoms with E-state index in [1.165, 1.54) is 0 Å². The molecule has 1 N–H and O–H groups in total. The molecule has 0 aliphatic rings. The first-order valence-electron chi connectivity index (χ1n) is 9.48. The topological polar surface area (TPSA) is 46.5 Å². The van der Waals surface area contributed by atoms with E-state index in [-0.39, 0.29) is 21.5 Å². The molecule has 0 bridgehead atoms. The lowest BCUT2D eigenvalue weighted by Gasteiger charge is -2.29. The van der Waals surface area contributed by atoms with Crippen LogP contribution in [0.25, 0.3) is 0 Å². The third kappa shape index (κ3) is 7.61. The van der Waals surface area contributed by atoms with E-state index >= 15 is 0 Å². The molecule has 3 nitrogen and oxygen atoms in total. The van der Waals surface area contributed by atoms with Crippen LogP contribution in [0.2, 0.25) is 0 Å². The number of hydrogen-bond donors (Lipinski definition) is 1. The smallest absolute Gasteiger partial charge is 0.315 e. The highest BCUT2D eigenvalue weighted by atomic mass is 32.2. The van der Waals surface area contributed by atoms with Gasteiger partial charge in [0.15, 0.2) is 0 Å². The second kappa shape index (κ2) is 9.13. The van der Waals surface area contributed by atoms with Gasteiger partial charge in [-0.1, -0.05) is 41.5 Å². The van der Waals surface area contributed by atoms with Gasteiger partial charge in [-0.05, 0) is 43.7 Å². The molecule has 0 atom stereocenters. The summed E-state index contributed by atoms with van der Waals surface area (Å²) in [7, 11) is 0. The minimum absolute atomic E-state index is 0.0564. The van der Waals surface area contributed by atoms with Crippen LogP contribution in [-0.4, -0.2) is 33.9 Å². The maximum atomic E-state index is 11.6. The number of benzene rings is 1. The Balaban J connectivity index is 3.01. The van der Waals surface area contributed by atoms with E-state index in [1.807, 2.05) is 6.92 Å². The van der Waals surface area contributed by atoms with Gasteiger partial charge in [-0.25, -0.2) is 0 Å². The van der Waals surface area contributed by atoms with Crippen molar-refractivity contribution in [1.29, 1.82) is 0 Å². The minimum atomic E-state index is -0.157. The lowest BCUT2D eigenvalue weighted by atomic mass is 9.79. The Morgan fingerprint density at radius 1 is 1.00 bits per heavy atom. The fourth-order valence-corrected chi connectivity index (χ4v) is 4.61. The molecular formula is C22H36O3S2. The molecule has 5 heteroatoms. The predicted octanol–water partition coefficient (Wildman–Crippen LogP) is 6.15. The van der Waals surface area contributed by atoms with Gasteiger partial charge in [0.25, 0.3) is 0 Å². The maximum absolute atomic E-state index is 11.6. The molecule has 0 saturated carbocycles. The van der Waals surface area contributed by atoms with Crippen LogP contribution in [0.1, 0.15) is 73.4 Å². The molecule has 1 aromatic rings. The first-order chi connectivity index (χ1) is 12.2. The second-order valence-corrected chi connectivity index (χ2v) is 12.2. The Kier molecular flexibility index (Phi) is 8.19. The summed E-state index contributed by atoms with van der Waals surface area (Å²) in [5.41, 5.74) is 1.70. The van der Waals surface area contributed by atoms with Crippen molar-refractivity contribution in [2.75, 3.05) is 18.1 Å². The molecule has 0 heterocycles. The Hall–Kier alpha value is -0.810. The van der Waals surface area contributed by atoms with Crippen molar-refractivity contribution in [3.63, 3.8) is 0 Å². The number of hydrogen-bond acceptors (Lipinski definition) is 5. The summed E-state index contributed by atoms with van der Waals surface area (Å²) in [6.45, 7) is 19.3. The normalized spacial score (nSPS) is 12.9. The summed E-state index contributed by atoms with van der Waals surface area (Å²) >= 11 is 3.40. The van der Waals surface area contributed by atoms with Crippen LogP contribution in [0.5, 0.6) is 5.75 Å².